The van der Waals surface area contributed by atoms with Gasteiger partial charge in [-0.25, -0.2) is 0 Å². The molecule has 1 aromatic carbocycles. The molecule has 0 spiro atoms. The normalized spacial score (nSPS) is 21.7. The number of benzene rings is 1. The Hall–Kier alpha value is -1.97. The van der Waals surface area contributed by atoms with Gasteiger partial charge >= 0.3 is 0 Å². The van der Waals surface area contributed by atoms with Gasteiger partial charge in [-0.3, -0.25) is 14.5 Å². The van der Waals surface area contributed by atoms with E-state index in [2.05, 4.69) is 4.98 Å². The molecule has 0 saturated carbocycles. The number of aryl methyl sites for hydroxylation is 3. The number of carbonyl (C=O) groups excluding carboxylic acids is 2. The number of likely N-dealkylation sites (tertiary alicyclic amines) is 1. The quantitative estimate of drug-likeness (QED) is 0.610. The van der Waals surface area contributed by atoms with Crippen LogP contribution in [0.5, 0.6) is 0 Å². The molecule has 0 bridgehead atoms. The van der Waals surface area contributed by atoms with Crippen molar-refractivity contribution in [3.05, 3.63) is 22.4 Å². The molecular formula is C17H18B2N2O2. The highest BCUT2D eigenvalue weighted by atomic mass is 16.2. The van der Waals surface area contributed by atoms with Crippen molar-refractivity contribution in [2.75, 3.05) is 7.05 Å². The van der Waals surface area contributed by atoms with Gasteiger partial charge in [-0.1, -0.05) is 10.9 Å². The fourth-order valence-corrected chi connectivity index (χ4v) is 3.82. The number of aromatic amines is 1. The summed E-state index contributed by atoms with van der Waals surface area (Å²) in [5.74, 6) is -0.344. The van der Waals surface area contributed by atoms with Crippen molar-refractivity contribution in [1.82, 2.24) is 9.88 Å². The van der Waals surface area contributed by atoms with Crippen LogP contribution >= 0.6 is 0 Å². The Morgan fingerprint density at radius 1 is 1.09 bits per heavy atom. The number of amides is 2. The minimum absolute atomic E-state index is 0.163. The Kier molecular flexibility index (Phi) is 3.29. The third-order valence-corrected chi connectivity index (χ3v) is 5.24. The lowest BCUT2D eigenvalue weighted by Crippen LogP contribution is -2.35. The maximum absolute atomic E-state index is 12.7. The molecule has 1 aromatic heterocycles. The number of hydrogen-bond donors (Lipinski definition) is 1. The Bertz CT molecular complexity index is 885. The van der Waals surface area contributed by atoms with E-state index in [1.54, 1.807) is 0 Å². The number of carbonyl (C=O) groups is 2. The predicted molar refractivity (Wildman–Crippen MR) is 93.0 cm³/mol. The van der Waals surface area contributed by atoms with Crippen molar-refractivity contribution in [3.63, 3.8) is 0 Å². The third-order valence-electron chi connectivity index (χ3n) is 5.24. The van der Waals surface area contributed by atoms with E-state index < -0.39 is 5.41 Å². The van der Waals surface area contributed by atoms with E-state index in [1.807, 2.05) is 27.7 Å². The van der Waals surface area contributed by atoms with Crippen LogP contribution in [0.25, 0.3) is 10.9 Å². The van der Waals surface area contributed by atoms with Crippen molar-refractivity contribution in [1.29, 1.82) is 0 Å². The van der Waals surface area contributed by atoms with Gasteiger partial charge in [0.15, 0.2) is 0 Å². The Morgan fingerprint density at radius 2 is 1.65 bits per heavy atom. The highest BCUT2D eigenvalue weighted by Crippen LogP contribution is 2.42. The molecule has 1 atom stereocenters. The molecular weight excluding hydrogens is 286 g/mol. The molecule has 2 heterocycles. The molecule has 1 aliphatic heterocycles. The smallest absolute Gasteiger partial charge is 0.239 e. The molecule has 0 aliphatic carbocycles. The number of rotatable bonds is 1. The zero-order valence-corrected chi connectivity index (χ0v) is 14.1. The van der Waals surface area contributed by atoms with Crippen molar-refractivity contribution in [3.8, 4) is 0 Å². The largest absolute Gasteiger partial charge is 0.358 e. The second kappa shape index (κ2) is 4.76. The van der Waals surface area contributed by atoms with Crippen LogP contribution in [0.2, 0.25) is 0 Å². The molecule has 2 aromatic rings. The fourth-order valence-electron chi connectivity index (χ4n) is 3.82. The van der Waals surface area contributed by atoms with Crippen LogP contribution in [0.1, 0.15) is 35.7 Å². The Balaban J connectivity index is 2.42. The summed E-state index contributed by atoms with van der Waals surface area (Å²) in [4.78, 5) is 29.3. The first kappa shape index (κ1) is 15.9. The first-order valence-electron chi connectivity index (χ1n) is 7.59. The predicted octanol–water partition coefficient (Wildman–Crippen LogP) is 0.327. The molecule has 4 nitrogen and oxygen atoms in total. The molecule has 3 rings (SSSR count). The number of H-pyrrole nitrogens is 1. The summed E-state index contributed by atoms with van der Waals surface area (Å²) in [7, 11) is 13.8. The van der Waals surface area contributed by atoms with Crippen LogP contribution in [0, 0.1) is 20.8 Å². The first-order valence-corrected chi connectivity index (χ1v) is 7.59. The molecule has 1 fully saturated rings. The summed E-state index contributed by atoms with van der Waals surface area (Å²) < 4.78 is 0. The number of hydrogen-bond acceptors (Lipinski definition) is 2. The number of nitrogens with zero attached hydrogens (tertiary/aromatic N) is 1. The molecule has 4 radical (unpaired) electrons. The van der Waals surface area contributed by atoms with Gasteiger partial charge in [0.2, 0.25) is 11.8 Å². The summed E-state index contributed by atoms with van der Waals surface area (Å²) in [6.07, 6.45) is 0.166. The van der Waals surface area contributed by atoms with Gasteiger partial charge in [0.05, 0.1) is 5.41 Å². The average molecular weight is 304 g/mol. The minimum atomic E-state index is -0.881. The number of fused-ring (bicyclic) bond motifs is 1. The Labute approximate surface area is 138 Å². The van der Waals surface area contributed by atoms with Gasteiger partial charge in [-0.2, -0.15) is 0 Å². The lowest BCUT2D eigenvalue weighted by atomic mass is 9.71. The van der Waals surface area contributed by atoms with Gasteiger partial charge in [-0.05, 0) is 44.4 Å². The number of imide groups is 1. The zero-order valence-electron chi connectivity index (χ0n) is 14.1. The molecule has 1 N–H and O–H groups in total. The van der Waals surface area contributed by atoms with Gasteiger partial charge in [0.25, 0.3) is 0 Å². The zero-order chi connectivity index (χ0) is 17.3. The minimum Gasteiger partial charge on any atom is -0.358 e. The second-order valence-corrected chi connectivity index (χ2v) is 6.72. The second-order valence-electron chi connectivity index (χ2n) is 6.72. The topological polar surface area (TPSA) is 53.2 Å². The van der Waals surface area contributed by atoms with Gasteiger partial charge in [0.1, 0.15) is 15.7 Å². The van der Waals surface area contributed by atoms with Gasteiger partial charge in [-0.15, -0.1) is 0 Å². The Morgan fingerprint density at radius 3 is 2.17 bits per heavy atom. The van der Waals surface area contributed by atoms with E-state index in [4.69, 9.17) is 15.7 Å². The van der Waals surface area contributed by atoms with Crippen molar-refractivity contribution in [2.24, 2.45) is 0 Å². The standard InChI is InChI=1S/C17H18B2N2O2/c1-7-11-12(17(4)6-10(22)21(5)16(17)23)9(3)20-15(11)8(2)14(19)13(7)18/h20H,6H2,1-5H3. The highest BCUT2D eigenvalue weighted by Gasteiger charge is 2.49. The summed E-state index contributed by atoms with van der Waals surface area (Å²) in [6, 6.07) is 0. The van der Waals surface area contributed by atoms with Crippen LogP contribution in [0.3, 0.4) is 0 Å². The van der Waals surface area contributed by atoms with Crippen LogP contribution in [0.4, 0.5) is 0 Å². The van der Waals surface area contributed by atoms with Crippen molar-refractivity contribution in [2.45, 2.75) is 39.5 Å². The maximum Gasteiger partial charge on any atom is 0.239 e. The van der Waals surface area contributed by atoms with Crippen LogP contribution in [-0.4, -0.2) is 44.4 Å². The number of nitrogens with one attached hydrogen (secondary N) is 1. The van der Waals surface area contributed by atoms with E-state index >= 15 is 0 Å². The molecule has 1 aliphatic rings. The fraction of sp³-hybridized carbons (Fsp3) is 0.412. The first-order chi connectivity index (χ1) is 10.6. The average Bonchev–Trinajstić information content (AvgIpc) is 2.95. The van der Waals surface area contributed by atoms with Crippen molar-refractivity contribution < 1.29 is 9.59 Å². The van der Waals surface area contributed by atoms with Crippen LogP contribution in [0.15, 0.2) is 0 Å². The van der Waals surface area contributed by atoms with Crippen LogP contribution < -0.4 is 10.9 Å². The van der Waals surface area contributed by atoms with E-state index in [0.29, 0.717) is 10.9 Å². The summed E-state index contributed by atoms with van der Waals surface area (Å²) in [6.45, 7) is 7.55. The highest BCUT2D eigenvalue weighted by molar-refractivity contribution is 6.51. The van der Waals surface area contributed by atoms with E-state index in [1.165, 1.54) is 11.9 Å². The lowest BCUT2D eigenvalue weighted by molar-refractivity contribution is -0.138. The maximum atomic E-state index is 12.7. The van der Waals surface area contributed by atoms with Crippen molar-refractivity contribution >= 4 is 49.3 Å². The van der Waals surface area contributed by atoms with E-state index in [0.717, 1.165) is 33.3 Å². The van der Waals surface area contributed by atoms with Crippen LogP contribution in [-0.2, 0) is 15.0 Å². The van der Waals surface area contributed by atoms with Gasteiger partial charge in [0, 0.05) is 30.1 Å². The molecule has 114 valence electrons. The monoisotopic (exact) mass is 304 g/mol. The number of likely N-dealkylation sites (N-methyl/N-ethyl adjacent to an activating group) is 1. The summed E-state index contributed by atoms with van der Waals surface area (Å²) in [5, 5.41) is 0.908. The number of aromatic nitrogens is 1. The molecule has 1 unspecified atom stereocenters. The molecule has 2 amide bonds. The molecule has 1 saturated heterocycles. The molecule has 6 heteroatoms. The molecule has 23 heavy (non-hydrogen) atoms. The van der Waals surface area contributed by atoms with E-state index in [9.17, 15) is 9.59 Å². The van der Waals surface area contributed by atoms with E-state index in [-0.39, 0.29) is 18.2 Å². The summed E-state index contributed by atoms with van der Waals surface area (Å²) in [5.41, 5.74) is 4.52. The summed E-state index contributed by atoms with van der Waals surface area (Å²) >= 11 is 0. The third kappa shape index (κ3) is 1.87. The lowest BCUT2D eigenvalue weighted by Gasteiger charge is -2.23. The van der Waals surface area contributed by atoms with Gasteiger partial charge < -0.3 is 4.98 Å². The SMILES string of the molecule is [B]c1c([B])c(C)c2c(C3(C)CC(=O)N(C)C3=O)c(C)[nH]c2c1C.